The highest BCUT2D eigenvalue weighted by Crippen LogP contribution is 2.25. The number of ether oxygens (including phenoxy) is 1. The van der Waals surface area contributed by atoms with Crippen LogP contribution in [0.2, 0.25) is 0 Å². The molecular formula is C14H21F2N5O2. The number of rotatable bonds is 6. The first-order chi connectivity index (χ1) is 11.1. The van der Waals surface area contributed by atoms with Crippen LogP contribution in [0.4, 0.5) is 8.78 Å². The van der Waals surface area contributed by atoms with Crippen molar-refractivity contribution in [3.05, 3.63) is 11.6 Å². The highest BCUT2D eigenvalue weighted by Gasteiger charge is 2.36. The van der Waals surface area contributed by atoms with Crippen molar-refractivity contribution in [1.29, 1.82) is 0 Å². The van der Waals surface area contributed by atoms with Gasteiger partial charge in [-0.05, 0) is 12.8 Å². The van der Waals surface area contributed by atoms with Crippen LogP contribution in [0.25, 0.3) is 0 Å². The maximum absolute atomic E-state index is 12.3. The van der Waals surface area contributed by atoms with Gasteiger partial charge in [-0.15, -0.1) is 0 Å². The van der Waals surface area contributed by atoms with Gasteiger partial charge in [0, 0.05) is 26.7 Å². The van der Waals surface area contributed by atoms with E-state index in [1.165, 1.54) is 0 Å². The number of methoxy groups -OCH3 is 1. The molecular weight excluding hydrogens is 308 g/mol. The molecule has 1 aromatic rings. The number of nitrogens with zero attached hydrogens (tertiary/aromatic N) is 4. The van der Waals surface area contributed by atoms with Crippen molar-refractivity contribution in [3.8, 4) is 0 Å². The highest BCUT2D eigenvalue weighted by molar-refractivity contribution is 5.80. The third-order valence-electron chi connectivity index (χ3n) is 4.23. The Bertz CT molecular complexity index is 559. The number of fused-ring (bicyclic) bond motifs is 1. The van der Waals surface area contributed by atoms with E-state index in [0.29, 0.717) is 25.5 Å². The second-order valence-corrected chi connectivity index (χ2v) is 6.05. The lowest BCUT2D eigenvalue weighted by Gasteiger charge is -2.38. The second-order valence-electron chi connectivity index (χ2n) is 6.05. The van der Waals surface area contributed by atoms with E-state index in [0.717, 1.165) is 25.2 Å². The van der Waals surface area contributed by atoms with Crippen LogP contribution < -0.4 is 5.32 Å². The summed E-state index contributed by atoms with van der Waals surface area (Å²) >= 11 is 0. The van der Waals surface area contributed by atoms with E-state index < -0.39 is 6.43 Å². The van der Waals surface area contributed by atoms with Crippen molar-refractivity contribution in [1.82, 2.24) is 25.0 Å². The standard InChI is InChI=1S/C14H21F2N5O2/c1-23-8-12-18-13-10(3-2-4-21(13)19-12)17-14(22)9-5-20(6-9)7-11(15)16/h9-11H,2-8H2,1H3,(H,17,22). The van der Waals surface area contributed by atoms with Crippen LogP contribution in [-0.2, 0) is 22.7 Å². The van der Waals surface area contributed by atoms with E-state index in [4.69, 9.17) is 4.74 Å². The summed E-state index contributed by atoms with van der Waals surface area (Å²) in [4.78, 5) is 18.3. The molecule has 1 atom stereocenters. The average Bonchev–Trinajstić information content (AvgIpc) is 2.86. The van der Waals surface area contributed by atoms with Crippen molar-refractivity contribution in [2.75, 3.05) is 26.7 Å². The van der Waals surface area contributed by atoms with E-state index in [1.54, 1.807) is 12.0 Å². The summed E-state index contributed by atoms with van der Waals surface area (Å²) in [6.45, 7) is 1.65. The van der Waals surface area contributed by atoms with Gasteiger partial charge in [-0.25, -0.2) is 18.4 Å². The van der Waals surface area contributed by atoms with Crippen molar-refractivity contribution in [2.45, 2.75) is 38.5 Å². The minimum Gasteiger partial charge on any atom is -0.377 e. The molecule has 2 aliphatic rings. The first kappa shape index (κ1) is 16.3. The zero-order chi connectivity index (χ0) is 16.4. The van der Waals surface area contributed by atoms with Crippen LogP contribution in [0, 0.1) is 5.92 Å². The van der Waals surface area contributed by atoms with E-state index in [-0.39, 0.29) is 24.4 Å². The molecule has 0 aliphatic carbocycles. The van der Waals surface area contributed by atoms with Gasteiger partial charge in [0.1, 0.15) is 12.4 Å². The van der Waals surface area contributed by atoms with Gasteiger partial charge < -0.3 is 10.1 Å². The van der Waals surface area contributed by atoms with Gasteiger partial charge in [-0.3, -0.25) is 9.69 Å². The van der Waals surface area contributed by atoms with Crippen LogP contribution in [-0.4, -0.2) is 58.7 Å². The Morgan fingerprint density at radius 2 is 2.26 bits per heavy atom. The maximum atomic E-state index is 12.3. The summed E-state index contributed by atoms with van der Waals surface area (Å²) in [6, 6.07) is -0.168. The van der Waals surface area contributed by atoms with Crippen LogP contribution >= 0.6 is 0 Å². The van der Waals surface area contributed by atoms with Gasteiger partial charge >= 0.3 is 0 Å². The molecule has 9 heteroatoms. The lowest BCUT2D eigenvalue weighted by atomic mass is 9.98. The number of amides is 1. The number of carbonyl (C=O) groups excluding carboxylic acids is 1. The number of nitrogens with one attached hydrogen (secondary N) is 1. The Kier molecular flexibility index (Phi) is 4.86. The van der Waals surface area contributed by atoms with Crippen LogP contribution in [0.15, 0.2) is 0 Å². The Balaban J connectivity index is 1.56. The summed E-state index contributed by atoms with van der Waals surface area (Å²) in [5.74, 6) is 1.05. The number of alkyl halides is 2. The molecule has 1 N–H and O–H groups in total. The van der Waals surface area contributed by atoms with Gasteiger partial charge in [-0.1, -0.05) is 0 Å². The molecule has 23 heavy (non-hydrogen) atoms. The van der Waals surface area contributed by atoms with Crippen LogP contribution in [0.3, 0.4) is 0 Å². The molecule has 0 radical (unpaired) electrons. The largest absolute Gasteiger partial charge is 0.377 e. The molecule has 7 nitrogen and oxygen atoms in total. The summed E-state index contributed by atoms with van der Waals surface area (Å²) < 4.78 is 31.4. The Morgan fingerprint density at radius 1 is 1.48 bits per heavy atom. The summed E-state index contributed by atoms with van der Waals surface area (Å²) in [6.07, 6.45) is -0.629. The third kappa shape index (κ3) is 3.66. The quantitative estimate of drug-likeness (QED) is 0.826. The molecule has 1 aromatic heterocycles. The van der Waals surface area contributed by atoms with E-state index in [1.807, 2.05) is 4.68 Å². The molecule has 3 heterocycles. The zero-order valence-electron chi connectivity index (χ0n) is 13.0. The molecule has 1 amide bonds. The number of likely N-dealkylation sites (tertiary alicyclic amines) is 1. The first-order valence-corrected chi connectivity index (χ1v) is 7.80. The fourth-order valence-corrected chi connectivity index (χ4v) is 3.10. The van der Waals surface area contributed by atoms with Gasteiger partial charge in [-0.2, -0.15) is 5.10 Å². The van der Waals surface area contributed by atoms with Gasteiger partial charge in [0.05, 0.1) is 18.5 Å². The minimum atomic E-state index is -2.35. The summed E-state index contributed by atoms with van der Waals surface area (Å²) in [5.41, 5.74) is 0. The second kappa shape index (κ2) is 6.88. The van der Waals surface area contributed by atoms with Crippen LogP contribution in [0.1, 0.15) is 30.5 Å². The monoisotopic (exact) mass is 329 g/mol. The number of aryl methyl sites for hydroxylation is 1. The number of carbonyl (C=O) groups is 1. The maximum Gasteiger partial charge on any atom is 0.251 e. The molecule has 0 saturated carbocycles. The number of aromatic nitrogens is 3. The van der Waals surface area contributed by atoms with Crippen molar-refractivity contribution in [2.24, 2.45) is 5.92 Å². The molecule has 0 aromatic carbocycles. The predicted molar refractivity (Wildman–Crippen MR) is 76.8 cm³/mol. The summed E-state index contributed by atoms with van der Waals surface area (Å²) in [5, 5.41) is 7.35. The van der Waals surface area contributed by atoms with E-state index in [2.05, 4.69) is 15.4 Å². The topological polar surface area (TPSA) is 72.3 Å². The Labute approximate surface area is 133 Å². The van der Waals surface area contributed by atoms with E-state index in [9.17, 15) is 13.6 Å². The van der Waals surface area contributed by atoms with Crippen molar-refractivity contribution in [3.63, 3.8) is 0 Å². The third-order valence-corrected chi connectivity index (χ3v) is 4.23. The minimum absolute atomic E-state index is 0.0924. The van der Waals surface area contributed by atoms with Crippen molar-refractivity contribution < 1.29 is 18.3 Å². The molecule has 0 spiro atoms. The number of hydrogen-bond donors (Lipinski definition) is 1. The fraction of sp³-hybridized carbons (Fsp3) is 0.786. The number of hydrogen-bond acceptors (Lipinski definition) is 5. The van der Waals surface area contributed by atoms with Crippen LogP contribution in [0.5, 0.6) is 0 Å². The molecule has 0 bridgehead atoms. The van der Waals surface area contributed by atoms with Gasteiger partial charge in [0.2, 0.25) is 5.91 Å². The zero-order valence-corrected chi connectivity index (χ0v) is 13.0. The van der Waals surface area contributed by atoms with E-state index >= 15 is 0 Å². The van der Waals surface area contributed by atoms with Gasteiger partial charge in [0.25, 0.3) is 6.43 Å². The molecule has 2 aliphatic heterocycles. The number of halogens is 2. The predicted octanol–water partition coefficient (Wildman–Crippen LogP) is 0.572. The van der Waals surface area contributed by atoms with Gasteiger partial charge in [0.15, 0.2) is 5.82 Å². The normalized spacial score (nSPS) is 22.0. The molecule has 1 fully saturated rings. The lowest BCUT2D eigenvalue weighted by Crippen LogP contribution is -2.55. The Morgan fingerprint density at radius 3 is 2.96 bits per heavy atom. The summed E-state index contributed by atoms with van der Waals surface area (Å²) in [7, 11) is 1.58. The fourth-order valence-electron chi connectivity index (χ4n) is 3.10. The first-order valence-electron chi connectivity index (χ1n) is 7.80. The smallest absolute Gasteiger partial charge is 0.251 e. The molecule has 128 valence electrons. The highest BCUT2D eigenvalue weighted by atomic mass is 19.3. The lowest BCUT2D eigenvalue weighted by molar-refractivity contribution is -0.132. The Hall–Kier alpha value is -1.61. The molecule has 3 rings (SSSR count). The average molecular weight is 329 g/mol. The SMILES string of the molecule is COCc1nc2n(n1)CCCC2NC(=O)C1CN(CC(F)F)C1. The molecule has 1 saturated heterocycles. The molecule has 1 unspecified atom stereocenters. The van der Waals surface area contributed by atoms with Crippen molar-refractivity contribution >= 4 is 5.91 Å².